The van der Waals surface area contributed by atoms with E-state index in [9.17, 15) is 23.1 Å². The lowest BCUT2D eigenvalue weighted by molar-refractivity contribution is -0.137. The third-order valence-electron chi connectivity index (χ3n) is 6.27. The molecule has 0 atom stereocenters. The van der Waals surface area contributed by atoms with Gasteiger partial charge < -0.3 is 10.0 Å². The van der Waals surface area contributed by atoms with Crippen LogP contribution in [0, 0.1) is 0 Å². The number of fused-ring (bicyclic) bond motifs is 1. The van der Waals surface area contributed by atoms with Gasteiger partial charge in [-0.3, -0.25) is 9.89 Å². The van der Waals surface area contributed by atoms with Gasteiger partial charge in [0, 0.05) is 18.7 Å². The molecule has 0 spiro atoms. The number of carbonyl (C=O) groups is 1. The van der Waals surface area contributed by atoms with Crippen LogP contribution >= 0.6 is 0 Å². The number of aromatic amines is 1. The van der Waals surface area contributed by atoms with Gasteiger partial charge in [0.05, 0.1) is 27.9 Å². The second kappa shape index (κ2) is 9.49. The Morgan fingerprint density at radius 2 is 1.67 bits per heavy atom. The Morgan fingerprint density at radius 3 is 2.33 bits per heavy atom. The van der Waals surface area contributed by atoms with E-state index in [-0.39, 0.29) is 11.7 Å². The maximum absolute atomic E-state index is 13.6. The molecule has 9 heteroatoms. The fourth-order valence-electron chi connectivity index (χ4n) is 4.35. The second-order valence-electron chi connectivity index (χ2n) is 8.74. The van der Waals surface area contributed by atoms with E-state index >= 15 is 0 Å². The number of rotatable bonds is 4. The first-order valence-electron chi connectivity index (χ1n) is 11.6. The number of aromatic nitrogens is 3. The molecule has 6 nitrogen and oxygen atoms in total. The number of likely N-dealkylation sites (tertiary alicyclic amines) is 1. The lowest BCUT2D eigenvalue weighted by Gasteiger charge is -2.27. The summed E-state index contributed by atoms with van der Waals surface area (Å²) in [4.78, 5) is 20.0. The Kier molecular flexibility index (Phi) is 6.22. The molecule has 1 amide bonds. The third kappa shape index (κ3) is 4.82. The van der Waals surface area contributed by atoms with Crippen LogP contribution in [0.25, 0.3) is 34.4 Å². The van der Waals surface area contributed by atoms with E-state index in [0.717, 1.165) is 37.0 Å². The number of aromatic hydroxyl groups is 1. The zero-order chi connectivity index (χ0) is 25.3. The van der Waals surface area contributed by atoms with E-state index in [4.69, 9.17) is 0 Å². The summed E-state index contributed by atoms with van der Waals surface area (Å²) in [7, 11) is 0. The van der Waals surface area contributed by atoms with Crippen molar-refractivity contribution in [2.75, 3.05) is 13.1 Å². The third-order valence-corrected chi connectivity index (χ3v) is 6.27. The molecule has 0 radical (unpaired) electrons. The largest absolute Gasteiger partial charge is 0.508 e. The number of pyridine rings is 1. The molecule has 0 bridgehead atoms. The van der Waals surface area contributed by atoms with Crippen molar-refractivity contribution in [3.63, 3.8) is 0 Å². The average molecular weight is 493 g/mol. The SMILES string of the molecule is O=C(c1cc(-c2ccc(O)cc2)nc2n[nH]c(/C=C/c3ccc(C(F)(F)F)cc3)c12)N1CCCCC1. The molecule has 1 aliphatic rings. The highest BCUT2D eigenvalue weighted by Crippen LogP contribution is 2.31. The van der Waals surface area contributed by atoms with Crippen LogP contribution in [0.3, 0.4) is 0 Å². The number of benzene rings is 2. The molecule has 2 aromatic carbocycles. The minimum atomic E-state index is -4.40. The Morgan fingerprint density at radius 1 is 0.972 bits per heavy atom. The van der Waals surface area contributed by atoms with Crippen LogP contribution in [0.5, 0.6) is 5.75 Å². The van der Waals surface area contributed by atoms with Crippen LogP contribution < -0.4 is 0 Å². The molecule has 0 unspecified atom stereocenters. The topological polar surface area (TPSA) is 82.1 Å². The quantitative estimate of drug-likeness (QED) is 0.358. The number of alkyl halides is 3. The van der Waals surface area contributed by atoms with Crippen molar-refractivity contribution in [2.24, 2.45) is 0 Å². The molecule has 5 rings (SSSR count). The van der Waals surface area contributed by atoms with Crippen LogP contribution in [-0.2, 0) is 6.18 Å². The van der Waals surface area contributed by atoms with Crippen molar-refractivity contribution in [1.82, 2.24) is 20.1 Å². The van der Waals surface area contributed by atoms with E-state index in [1.165, 1.54) is 12.1 Å². The Balaban J connectivity index is 1.56. The molecule has 1 aliphatic heterocycles. The summed E-state index contributed by atoms with van der Waals surface area (Å²) in [6, 6.07) is 13.1. The first kappa shape index (κ1) is 23.6. The molecule has 36 heavy (non-hydrogen) atoms. The number of phenolic OH excluding ortho intramolecular Hbond substituents is 1. The number of piperidine rings is 1. The van der Waals surface area contributed by atoms with E-state index in [1.54, 1.807) is 42.5 Å². The normalized spacial score (nSPS) is 14.6. The van der Waals surface area contributed by atoms with Crippen LogP contribution in [0.15, 0.2) is 54.6 Å². The highest BCUT2D eigenvalue weighted by molar-refractivity contribution is 6.09. The van der Waals surface area contributed by atoms with Gasteiger partial charge in [-0.25, -0.2) is 4.98 Å². The molecule has 3 heterocycles. The number of amides is 1. The molecule has 2 aromatic heterocycles. The molecule has 0 aliphatic carbocycles. The number of hydrogen-bond acceptors (Lipinski definition) is 4. The van der Waals surface area contributed by atoms with Gasteiger partial charge in [-0.2, -0.15) is 18.3 Å². The molecule has 4 aromatic rings. The van der Waals surface area contributed by atoms with Crippen molar-refractivity contribution in [3.8, 4) is 17.0 Å². The van der Waals surface area contributed by atoms with Gasteiger partial charge in [-0.15, -0.1) is 0 Å². The summed E-state index contributed by atoms with van der Waals surface area (Å²) in [5.41, 5.74) is 2.48. The van der Waals surface area contributed by atoms with Crippen molar-refractivity contribution in [3.05, 3.63) is 77.0 Å². The zero-order valence-electron chi connectivity index (χ0n) is 19.2. The molecular formula is C27H23F3N4O2. The maximum Gasteiger partial charge on any atom is 0.416 e. The molecular weight excluding hydrogens is 469 g/mol. The summed E-state index contributed by atoms with van der Waals surface area (Å²) < 4.78 is 38.6. The van der Waals surface area contributed by atoms with Crippen molar-refractivity contribution in [2.45, 2.75) is 25.4 Å². The Labute approximate surface area is 205 Å². The van der Waals surface area contributed by atoms with Gasteiger partial charge >= 0.3 is 6.18 Å². The van der Waals surface area contributed by atoms with E-state index in [0.29, 0.717) is 46.6 Å². The van der Waals surface area contributed by atoms with E-state index < -0.39 is 11.7 Å². The number of nitrogens with zero attached hydrogens (tertiary/aromatic N) is 3. The Hall–Kier alpha value is -4.14. The average Bonchev–Trinajstić information content (AvgIpc) is 3.30. The molecule has 184 valence electrons. The summed E-state index contributed by atoms with van der Waals surface area (Å²) in [5.74, 6) is 0.00705. The minimum absolute atomic E-state index is 0.118. The van der Waals surface area contributed by atoms with Gasteiger partial charge in [0.25, 0.3) is 5.91 Å². The number of carbonyl (C=O) groups excluding carboxylic acids is 1. The van der Waals surface area contributed by atoms with E-state index in [2.05, 4.69) is 15.2 Å². The number of H-pyrrole nitrogens is 1. The summed E-state index contributed by atoms with van der Waals surface area (Å²) in [5, 5.41) is 17.4. The number of halogens is 3. The monoisotopic (exact) mass is 492 g/mol. The summed E-state index contributed by atoms with van der Waals surface area (Å²) in [6.07, 6.45) is 1.92. The fraction of sp³-hybridized carbons (Fsp3) is 0.222. The predicted molar refractivity (Wildman–Crippen MR) is 131 cm³/mol. The lowest BCUT2D eigenvalue weighted by Crippen LogP contribution is -2.35. The molecule has 1 saturated heterocycles. The first-order valence-corrected chi connectivity index (χ1v) is 11.6. The van der Waals surface area contributed by atoms with Gasteiger partial charge in [0.2, 0.25) is 0 Å². The number of phenols is 1. The second-order valence-corrected chi connectivity index (χ2v) is 8.74. The van der Waals surface area contributed by atoms with Gasteiger partial charge in [0.1, 0.15) is 5.75 Å². The van der Waals surface area contributed by atoms with Gasteiger partial charge in [-0.1, -0.05) is 18.2 Å². The minimum Gasteiger partial charge on any atom is -0.508 e. The molecule has 0 saturated carbocycles. The number of nitrogens with one attached hydrogen (secondary N) is 1. The highest BCUT2D eigenvalue weighted by atomic mass is 19.4. The predicted octanol–water partition coefficient (Wildman–Crippen LogP) is 6.15. The van der Waals surface area contributed by atoms with Crippen molar-refractivity contribution < 1.29 is 23.1 Å². The van der Waals surface area contributed by atoms with Crippen LogP contribution in [0.1, 0.15) is 46.4 Å². The van der Waals surface area contributed by atoms with Gasteiger partial charge in [0.15, 0.2) is 5.65 Å². The summed E-state index contributed by atoms with van der Waals surface area (Å²) >= 11 is 0. The standard InChI is InChI=1S/C27H23F3N4O2/c28-27(29,30)19-9-4-17(5-10-19)6-13-22-24-21(26(36)34-14-2-1-3-15-34)16-23(31-25(24)33-32-22)18-7-11-20(35)12-8-18/h4-13,16,35H,1-3,14-15H2,(H,31,32,33)/b13-6+. The van der Waals surface area contributed by atoms with Crippen LogP contribution in [0.4, 0.5) is 13.2 Å². The van der Waals surface area contributed by atoms with Gasteiger partial charge in [-0.05, 0) is 73.4 Å². The number of hydrogen-bond donors (Lipinski definition) is 2. The molecule has 1 fully saturated rings. The van der Waals surface area contributed by atoms with Crippen LogP contribution in [-0.4, -0.2) is 44.2 Å². The fourth-order valence-corrected chi connectivity index (χ4v) is 4.35. The molecule has 2 N–H and O–H groups in total. The zero-order valence-corrected chi connectivity index (χ0v) is 19.2. The smallest absolute Gasteiger partial charge is 0.416 e. The van der Waals surface area contributed by atoms with Crippen molar-refractivity contribution >= 4 is 29.1 Å². The van der Waals surface area contributed by atoms with Crippen LogP contribution in [0.2, 0.25) is 0 Å². The van der Waals surface area contributed by atoms with Crippen molar-refractivity contribution in [1.29, 1.82) is 0 Å². The summed E-state index contributed by atoms with van der Waals surface area (Å²) in [6.45, 7) is 1.34. The first-order chi connectivity index (χ1) is 17.3. The highest BCUT2D eigenvalue weighted by Gasteiger charge is 2.30. The van der Waals surface area contributed by atoms with E-state index in [1.807, 2.05) is 4.90 Å². The maximum atomic E-state index is 13.6. The Bertz CT molecular complexity index is 1420. The lowest BCUT2D eigenvalue weighted by atomic mass is 10.0.